The van der Waals surface area contributed by atoms with Crippen LogP contribution < -0.4 is 20.1 Å². The summed E-state index contributed by atoms with van der Waals surface area (Å²) in [5.74, 6) is 4.32. The van der Waals surface area contributed by atoms with E-state index >= 15 is 0 Å². The number of nitrogens with one attached hydrogen (secondary N) is 2. The van der Waals surface area contributed by atoms with Crippen LogP contribution in [-0.2, 0) is 0 Å². The van der Waals surface area contributed by atoms with Crippen molar-refractivity contribution in [2.75, 3.05) is 10.6 Å². The second kappa shape index (κ2) is 10.7. The van der Waals surface area contributed by atoms with Crippen molar-refractivity contribution >= 4 is 34.0 Å². The van der Waals surface area contributed by atoms with E-state index in [2.05, 4.69) is 10.6 Å². The summed E-state index contributed by atoms with van der Waals surface area (Å²) in [6.07, 6.45) is 0. The van der Waals surface area contributed by atoms with E-state index < -0.39 is 0 Å². The predicted molar refractivity (Wildman–Crippen MR) is 152 cm³/mol. The monoisotopic (exact) mass is 496 g/mol. The van der Waals surface area contributed by atoms with Crippen molar-refractivity contribution in [1.29, 1.82) is 0 Å². The van der Waals surface area contributed by atoms with Gasteiger partial charge < -0.3 is 20.1 Å². The molecule has 1 aromatic heterocycles. The predicted octanol–water partition coefficient (Wildman–Crippen LogP) is 8.70. The molecular weight excluding hydrogens is 472 g/mol. The number of nitrogens with zero attached hydrogens (tertiary/aromatic N) is 2. The zero-order chi connectivity index (χ0) is 25.6. The minimum absolute atomic E-state index is 0.616. The third-order valence-corrected chi connectivity index (χ3v) is 5.76. The SMILES string of the molecule is c1ccc(Oc2ccc(Nc3nc4ccccc4nc3Nc3ccc(Oc4ccccc4)cc3)cc2)cc1. The van der Waals surface area contributed by atoms with Crippen LogP contribution in [0.1, 0.15) is 0 Å². The van der Waals surface area contributed by atoms with Gasteiger partial charge in [-0.15, -0.1) is 0 Å². The molecule has 0 bridgehead atoms. The van der Waals surface area contributed by atoms with Gasteiger partial charge in [0.1, 0.15) is 23.0 Å². The van der Waals surface area contributed by atoms with Crippen LogP contribution in [-0.4, -0.2) is 9.97 Å². The van der Waals surface area contributed by atoms with E-state index in [-0.39, 0.29) is 0 Å². The van der Waals surface area contributed by atoms with Crippen molar-refractivity contribution in [3.63, 3.8) is 0 Å². The molecule has 6 rings (SSSR count). The number of hydrogen-bond donors (Lipinski definition) is 2. The van der Waals surface area contributed by atoms with E-state index in [1.165, 1.54) is 0 Å². The maximum Gasteiger partial charge on any atom is 0.174 e. The lowest BCUT2D eigenvalue weighted by Crippen LogP contribution is -2.03. The molecule has 184 valence electrons. The molecule has 0 fully saturated rings. The third-order valence-electron chi connectivity index (χ3n) is 5.76. The van der Waals surface area contributed by atoms with Crippen LogP contribution in [0.2, 0.25) is 0 Å². The number of hydrogen-bond acceptors (Lipinski definition) is 6. The van der Waals surface area contributed by atoms with Gasteiger partial charge in [-0.1, -0.05) is 48.5 Å². The first-order valence-corrected chi connectivity index (χ1v) is 12.3. The standard InChI is InChI=1S/C32H24N4O2/c1-3-9-25(10-4-1)37-27-19-15-23(16-20-27)33-31-32(36-30-14-8-7-13-29(30)35-31)34-24-17-21-28(22-18-24)38-26-11-5-2-6-12-26/h1-22H,(H,33,35)(H,34,36). The van der Waals surface area contributed by atoms with Crippen molar-refractivity contribution in [3.8, 4) is 23.0 Å². The van der Waals surface area contributed by atoms with E-state index in [0.717, 1.165) is 45.4 Å². The van der Waals surface area contributed by atoms with Crippen molar-refractivity contribution in [3.05, 3.63) is 133 Å². The molecule has 0 radical (unpaired) electrons. The number of fused-ring (bicyclic) bond motifs is 1. The lowest BCUT2D eigenvalue weighted by molar-refractivity contribution is 0.482. The number of aromatic nitrogens is 2. The Morgan fingerprint density at radius 3 is 1.11 bits per heavy atom. The van der Waals surface area contributed by atoms with Crippen LogP contribution in [0.25, 0.3) is 11.0 Å². The smallest absolute Gasteiger partial charge is 0.174 e. The largest absolute Gasteiger partial charge is 0.457 e. The van der Waals surface area contributed by atoms with Gasteiger partial charge in [0.2, 0.25) is 0 Å². The Labute approximate surface area is 220 Å². The number of benzene rings is 5. The Kier molecular flexibility index (Phi) is 6.51. The van der Waals surface area contributed by atoms with Gasteiger partial charge in [-0.05, 0) is 84.9 Å². The van der Waals surface area contributed by atoms with E-state index in [4.69, 9.17) is 19.4 Å². The minimum atomic E-state index is 0.616. The topological polar surface area (TPSA) is 68.3 Å². The van der Waals surface area contributed by atoms with E-state index in [0.29, 0.717) is 11.6 Å². The molecule has 0 unspecified atom stereocenters. The summed E-state index contributed by atoms with van der Waals surface area (Å²) >= 11 is 0. The minimum Gasteiger partial charge on any atom is -0.457 e. The van der Waals surface area contributed by atoms with Gasteiger partial charge in [0.05, 0.1) is 11.0 Å². The fourth-order valence-electron chi connectivity index (χ4n) is 3.91. The molecule has 6 heteroatoms. The van der Waals surface area contributed by atoms with Crippen LogP contribution in [0.15, 0.2) is 133 Å². The van der Waals surface area contributed by atoms with Crippen molar-refractivity contribution < 1.29 is 9.47 Å². The molecule has 0 spiro atoms. The van der Waals surface area contributed by atoms with E-state index in [9.17, 15) is 0 Å². The third kappa shape index (κ3) is 5.55. The summed E-state index contributed by atoms with van der Waals surface area (Å²) in [4.78, 5) is 9.68. The van der Waals surface area contributed by atoms with Gasteiger partial charge in [-0.2, -0.15) is 0 Å². The highest BCUT2D eigenvalue weighted by atomic mass is 16.5. The van der Waals surface area contributed by atoms with Crippen molar-refractivity contribution in [1.82, 2.24) is 9.97 Å². The lowest BCUT2D eigenvalue weighted by Gasteiger charge is -2.14. The zero-order valence-corrected chi connectivity index (χ0v) is 20.4. The number of para-hydroxylation sites is 4. The van der Waals surface area contributed by atoms with Crippen LogP contribution in [0.5, 0.6) is 23.0 Å². The molecule has 0 aliphatic heterocycles. The second-order valence-electron chi connectivity index (χ2n) is 8.54. The molecule has 2 N–H and O–H groups in total. The molecule has 5 aromatic carbocycles. The van der Waals surface area contributed by atoms with Crippen LogP contribution >= 0.6 is 0 Å². The molecule has 6 nitrogen and oxygen atoms in total. The highest BCUT2D eigenvalue weighted by molar-refractivity contribution is 5.83. The van der Waals surface area contributed by atoms with Crippen LogP contribution in [0.4, 0.5) is 23.0 Å². The van der Waals surface area contributed by atoms with Gasteiger partial charge in [0.25, 0.3) is 0 Å². The lowest BCUT2D eigenvalue weighted by atomic mass is 10.2. The van der Waals surface area contributed by atoms with Crippen molar-refractivity contribution in [2.45, 2.75) is 0 Å². The maximum atomic E-state index is 5.91. The van der Waals surface area contributed by atoms with Gasteiger partial charge in [0.15, 0.2) is 11.6 Å². The molecule has 0 atom stereocenters. The first kappa shape index (κ1) is 23.1. The molecule has 0 saturated heterocycles. The Bertz CT molecular complexity index is 1510. The average molecular weight is 497 g/mol. The van der Waals surface area contributed by atoms with Gasteiger partial charge in [-0.3, -0.25) is 0 Å². The molecule has 6 aromatic rings. The Hall–Kier alpha value is -5.36. The Balaban J connectivity index is 1.23. The maximum absolute atomic E-state index is 5.91. The number of ether oxygens (including phenoxy) is 2. The second-order valence-corrected chi connectivity index (χ2v) is 8.54. The fraction of sp³-hybridized carbons (Fsp3) is 0. The highest BCUT2D eigenvalue weighted by Gasteiger charge is 2.11. The fourth-order valence-corrected chi connectivity index (χ4v) is 3.91. The normalized spacial score (nSPS) is 10.6. The molecular formula is C32H24N4O2. The highest BCUT2D eigenvalue weighted by Crippen LogP contribution is 2.30. The number of rotatable bonds is 8. The summed E-state index contributed by atoms with van der Waals surface area (Å²) < 4.78 is 11.8. The molecule has 38 heavy (non-hydrogen) atoms. The summed E-state index contributed by atoms with van der Waals surface area (Å²) in [7, 11) is 0. The zero-order valence-electron chi connectivity index (χ0n) is 20.4. The molecule has 0 aliphatic rings. The molecule has 0 saturated carbocycles. The average Bonchev–Trinajstić information content (AvgIpc) is 2.96. The molecule has 0 amide bonds. The van der Waals surface area contributed by atoms with E-state index in [1.54, 1.807) is 0 Å². The Morgan fingerprint density at radius 1 is 0.368 bits per heavy atom. The first-order valence-electron chi connectivity index (χ1n) is 12.3. The van der Waals surface area contributed by atoms with Crippen molar-refractivity contribution in [2.24, 2.45) is 0 Å². The Morgan fingerprint density at radius 2 is 0.711 bits per heavy atom. The quantitative estimate of drug-likeness (QED) is 0.220. The van der Waals surface area contributed by atoms with Crippen LogP contribution in [0, 0.1) is 0 Å². The van der Waals surface area contributed by atoms with Crippen LogP contribution in [0.3, 0.4) is 0 Å². The summed E-state index contributed by atoms with van der Waals surface area (Å²) in [6, 6.07) is 42.7. The first-order chi connectivity index (χ1) is 18.8. The summed E-state index contributed by atoms with van der Waals surface area (Å²) in [6.45, 7) is 0. The number of anilines is 4. The van der Waals surface area contributed by atoms with Gasteiger partial charge >= 0.3 is 0 Å². The van der Waals surface area contributed by atoms with Gasteiger partial charge in [0, 0.05) is 11.4 Å². The summed E-state index contributed by atoms with van der Waals surface area (Å²) in [5.41, 5.74) is 3.33. The molecule has 1 heterocycles. The van der Waals surface area contributed by atoms with Gasteiger partial charge in [-0.25, -0.2) is 9.97 Å². The van der Waals surface area contributed by atoms with E-state index in [1.807, 2.05) is 133 Å². The summed E-state index contributed by atoms with van der Waals surface area (Å²) in [5, 5.41) is 6.81. The molecule has 0 aliphatic carbocycles.